The Balaban J connectivity index is 0.00000480. The minimum absolute atomic E-state index is 0. The van der Waals surface area contributed by atoms with Crippen molar-refractivity contribution in [2.24, 2.45) is 5.92 Å². The number of esters is 1. The van der Waals surface area contributed by atoms with Crippen LogP contribution in [0.1, 0.15) is 38.7 Å². The molecule has 2 rings (SSSR count). The second kappa shape index (κ2) is 16.1. The van der Waals surface area contributed by atoms with Crippen LogP contribution < -0.4 is 62.9 Å². The van der Waals surface area contributed by atoms with Gasteiger partial charge in [-0.25, -0.2) is 0 Å². The van der Waals surface area contributed by atoms with E-state index in [2.05, 4.69) is 5.32 Å². The van der Waals surface area contributed by atoms with E-state index in [1.165, 1.54) is 0 Å². The summed E-state index contributed by atoms with van der Waals surface area (Å²) in [5.41, 5.74) is 3.24. The number of carboxylic acids is 1. The van der Waals surface area contributed by atoms with E-state index >= 15 is 0 Å². The van der Waals surface area contributed by atoms with Gasteiger partial charge in [0.25, 0.3) is 0 Å². The first-order valence-electron chi connectivity index (χ1n) is 10.2. The number of hydrogen-bond acceptors (Lipinski definition) is 5. The Kier molecular flexibility index (Phi) is 15.3. The molecule has 0 fully saturated rings. The molecule has 0 bridgehead atoms. The molecule has 2 aromatic rings. The molecular weight excluding hydrogens is 435 g/mol. The molecule has 0 saturated heterocycles. The zero-order valence-corrected chi connectivity index (χ0v) is 22.3. The van der Waals surface area contributed by atoms with Crippen molar-refractivity contribution in [3.05, 3.63) is 60.2 Å². The summed E-state index contributed by atoms with van der Waals surface area (Å²) in [5, 5.41) is 11.7. The fourth-order valence-corrected chi connectivity index (χ4v) is 3.27. The summed E-state index contributed by atoms with van der Waals surface area (Å²) >= 11 is 0. The predicted octanol–water partition coefficient (Wildman–Crippen LogP) is 1.00. The number of rotatable bonds is 11. The number of hydrogen-bond donors (Lipinski definition) is 3. The first-order valence-corrected chi connectivity index (χ1v) is 10.2. The average Bonchev–Trinajstić information content (AvgIpc) is 2.73. The van der Waals surface area contributed by atoms with Crippen LogP contribution in [0.4, 0.5) is 0 Å². The molecule has 0 aliphatic carbocycles. The molecule has 0 spiro atoms. The van der Waals surface area contributed by atoms with Crippen LogP contribution in [-0.4, -0.2) is 35.6 Å². The van der Waals surface area contributed by atoms with Gasteiger partial charge in [-0.15, -0.1) is 0 Å². The van der Waals surface area contributed by atoms with E-state index < -0.39 is 5.97 Å². The van der Waals surface area contributed by atoms with Gasteiger partial charge in [0.05, 0.1) is 18.9 Å². The van der Waals surface area contributed by atoms with Crippen molar-refractivity contribution in [2.75, 3.05) is 6.61 Å². The van der Waals surface area contributed by atoms with Gasteiger partial charge in [0.15, 0.2) is 0 Å². The Morgan fingerprint density at radius 3 is 2.12 bits per heavy atom. The van der Waals surface area contributed by atoms with Crippen molar-refractivity contribution < 1.29 is 75.6 Å². The normalized spacial score (nSPS) is 11.8. The zero-order chi connectivity index (χ0) is 21.9. The van der Waals surface area contributed by atoms with Gasteiger partial charge in [-0.3, -0.25) is 14.4 Å². The van der Waals surface area contributed by atoms with Gasteiger partial charge in [-0.2, -0.15) is 0 Å². The number of amides is 1. The molecule has 2 aromatic carbocycles. The van der Waals surface area contributed by atoms with E-state index in [1.54, 1.807) is 13.8 Å². The molecular formula is C24H32KN2O5+. The molecule has 32 heavy (non-hydrogen) atoms. The van der Waals surface area contributed by atoms with Gasteiger partial charge in [-0.05, 0) is 36.5 Å². The number of aliphatic carboxylic acids is 1. The van der Waals surface area contributed by atoms with Crippen molar-refractivity contribution in [1.82, 2.24) is 11.5 Å². The Bertz CT molecular complexity index is 843. The quantitative estimate of drug-likeness (QED) is 0.334. The summed E-state index contributed by atoms with van der Waals surface area (Å²) in [6.45, 7) is 3.83. The van der Waals surface area contributed by atoms with Gasteiger partial charge in [0.2, 0.25) is 5.91 Å². The minimum atomic E-state index is -1.02. The number of benzene rings is 2. The van der Waals surface area contributed by atoms with E-state index in [0.717, 1.165) is 16.7 Å². The van der Waals surface area contributed by atoms with Crippen LogP contribution in [-0.2, 0) is 25.5 Å². The van der Waals surface area contributed by atoms with Crippen LogP contribution in [0.25, 0.3) is 11.1 Å². The van der Waals surface area contributed by atoms with Crippen molar-refractivity contribution in [1.29, 1.82) is 0 Å². The number of carbonyl (C=O) groups excluding carboxylic acids is 2. The molecule has 7 nitrogen and oxygen atoms in total. The van der Waals surface area contributed by atoms with E-state index in [1.807, 2.05) is 54.6 Å². The van der Waals surface area contributed by atoms with Crippen LogP contribution in [0.2, 0.25) is 0 Å². The van der Waals surface area contributed by atoms with Crippen LogP contribution in [0.3, 0.4) is 0 Å². The van der Waals surface area contributed by atoms with Crippen LogP contribution in [0.15, 0.2) is 54.6 Å². The first-order chi connectivity index (χ1) is 14.4. The van der Waals surface area contributed by atoms with Crippen LogP contribution in [0, 0.1) is 5.92 Å². The van der Waals surface area contributed by atoms with E-state index in [9.17, 15) is 14.4 Å². The van der Waals surface area contributed by atoms with E-state index in [4.69, 9.17) is 9.84 Å². The van der Waals surface area contributed by atoms with Crippen LogP contribution >= 0.6 is 0 Å². The first kappa shape index (κ1) is 30.4. The van der Waals surface area contributed by atoms with Crippen LogP contribution in [0.5, 0.6) is 0 Å². The van der Waals surface area contributed by atoms with Crippen molar-refractivity contribution in [3.8, 4) is 11.1 Å². The summed E-state index contributed by atoms with van der Waals surface area (Å²) in [6.07, 6.45) is 0.639. The third-order valence-electron chi connectivity index (χ3n) is 4.80. The molecule has 0 radical (unpaired) electrons. The maximum atomic E-state index is 12.2. The third-order valence-corrected chi connectivity index (χ3v) is 4.80. The molecule has 0 aliphatic heterocycles. The number of ether oxygens (including phenoxy) is 1. The topological polar surface area (TPSA) is 128 Å². The van der Waals surface area contributed by atoms with Gasteiger partial charge in [-0.1, -0.05) is 61.5 Å². The summed E-state index contributed by atoms with van der Waals surface area (Å²) in [7, 11) is 0. The molecule has 0 aromatic heterocycles. The second-order valence-corrected chi connectivity index (χ2v) is 7.31. The molecule has 0 unspecified atom stereocenters. The largest absolute Gasteiger partial charge is 1.00 e. The molecule has 0 heterocycles. The molecule has 2 atom stereocenters. The maximum absolute atomic E-state index is 12.2. The Morgan fingerprint density at radius 2 is 1.56 bits per heavy atom. The zero-order valence-electron chi connectivity index (χ0n) is 19.2. The molecule has 0 saturated carbocycles. The molecule has 8 heteroatoms. The number of carbonyl (C=O) groups is 3. The molecule has 1 amide bonds. The van der Waals surface area contributed by atoms with Gasteiger partial charge in [0.1, 0.15) is 0 Å². The Hall–Kier alpha value is -1.55. The van der Waals surface area contributed by atoms with E-state index in [0.29, 0.717) is 19.4 Å². The van der Waals surface area contributed by atoms with Crippen molar-refractivity contribution >= 4 is 17.8 Å². The smallest absolute Gasteiger partial charge is 0.481 e. The summed E-state index contributed by atoms with van der Waals surface area (Å²) in [6, 6.07) is 17.8. The fourth-order valence-electron chi connectivity index (χ4n) is 3.27. The summed E-state index contributed by atoms with van der Waals surface area (Å²) in [4.78, 5) is 34.9. The van der Waals surface area contributed by atoms with Crippen molar-refractivity contribution in [2.45, 2.75) is 45.6 Å². The Labute approximate surface area is 232 Å². The molecule has 168 valence electrons. The average molecular weight is 468 g/mol. The molecule has 0 aliphatic rings. The van der Waals surface area contributed by atoms with E-state index in [-0.39, 0.29) is 94.2 Å². The monoisotopic (exact) mass is 467 g/mol. The standard InChI is InChI=1S/C24H29NO5.K.H3N/c1-3-30-24(29)17(2)15-21(25-22(26)13-14-23(27)28)16-18-9-11-20(12-10-18)19-7-5-4-6-8-19;;/h4-12,17,21H,3,13-16H2,1-2H3,(H,25,26)(H,27,28);;1H3/q;+1;/t17-,21+;;/m1../s1. The van der Waals surface area contributed by atoms with Gasteiger partial charge >= 0.3 is 63.3 Å². The molecule has 5 N–H and O–H groups in total. The Morgan fingerprint density at radius 1 is 0.969 bits per heavy atom. The predicted molar refractivity (Wildman–Crippen MR) is 120 cm³/mol. The summed E-state index contributed by atoms with van der Waals surface area (Å²) < 4.78 is 5.07. The van der Waals surface area contributed by atoms with Crippen molar-refractivity contribution in [3.63, 3.8) is 0 Å². The fraction of sp³-hybridized carbons (Fsp3) is 0.375. The number of nitrogens with one attached hydrogen (secondary N) is 1. The van der Waals surface area contributed by atoms with Gasteiger partial charge in [0, 0.05) is 12.5 Å². The third kappa shape index (κ3) is 10.8. The summed E-state index contributed by atoms with van der Waals surface area (Å²) in [5.74, 6) is -2.03. The van der Waals surface area contributed by atoms with Gasteiger partial charge < -0.3 is 21.3 Å². The SMILES string of the molecule is CCOC(=O)[C@H](C)C[C@@H](Cc1ccc(-c2ccccc2)cc1)NC(=O)CCC(=O)O.N.[K+]. The minimum Gasteiger partial charge on any atom is -0.481 e. The number of carboxylic acid groups (broad SMARTS) is 1. The second-order valence-electron chi connectivity index (χ2n) is 7.31. The maximum Gasteiger partial charge on any atom is 1.00 e.